The van der Waals surface area contributed by atoms with Crippen molar-refractivity contribution < 1.29 is 4.74 Å². The first-order chi connectivity index (χ1) is 14.8. The summed E-state index contributed by atoms with van der Waals surface area (Å²) >= 11 is 0. The molecule has 0 aliphatic rings. The maximum Gasteiger partial charge on any atom is 0.119 e. The van der Waals surface area contributed by atoms with Gasteiger partial charge in [0.1, 0.15) is 5.75 Å². The second-order valence-electron chi connectivity index (χ2n) is 8.82. The molecule has 0 spiro atoms. The Balaban J connectivity index is 1.37. The first-order valence-electron chi connectivity index (χ1n) is 12.7. The van der Waals surface area contributed by atoms with Crippen molar-refractivity contribution in [2.75, 3.05) is 20.2 Å². The molecule has 3 nitrogen and oxygen atoms in total. The molecule has 0 saturated carbocycles. The highest BCUT2D eigenvalue weighted by Crippen LogP contribution is 2.23. The molecule has 0 unspecified atom stereocenters. The molecule has 0 fully saturated rings. The number of hydrogen-bond acceptors (Lipinski definition) is 2. The number of aromatic nitrogens is 1. The zero-order valence-electron chi connectivity index (χ0n) is 19.7. The molecule has 0 atom stereocenters. The van der Waals surface area contributed by atoms with E-state index in [0.29, 0.717) is 0 Å². The van der Waals surface area contributed by atoms with Crippen LogP contribution in [0.4, 0.5) is 0 Å². The van der Waals surface area contributed by atoms with Crippen molar-refractivity contribution >= 4 is 10.9 Å². The van der Waals surface area contributed by atoms with Crippen LogP contribution in [0.3, 0.4) is 0 Å². The molecule has 0 amide bonds. The maximum absolute atomic E-state index is 5.36. The van der Waals surface area contributed by atoms with Crippen LogP contribution in [0, 0.1) is 0 Å². The van der Waals surface area contributed by atoms with Crippen molar-refractivity contribution in [3.63, 3.8) is 0 Å². The molecule has 170 valence electrons. The van der Waals surface area contributed by atoms with E-state index in [1.165, 1.54) is 106 Å². The van der Waals surface area contributed by atoms with E-state index in [0.717, 1.165) is 25.3 Å². The van der Waals surface area contributed by atoms with Gasteiger partial charge in [0.25, 0.3) is 0 Å². The van der Waals surface area contributed by atoms with Crippen LogP contribution in [0.5, 0.6) is 5.75 Å². The summed E-state index contributed by atoms with van der Waals surface area (Å²) in [6.07, 6.45) is 23.1. The standard InChI is InChI=1S/C27H46N2O/c1-3-4-5-6-7-8-9-10-11-12-13-14-15-16-20-28-21-19-24-23-29-27-18-17-25(30-2)22-26(24)27/h17-18,22-23,28-29H,3-16,19-21H2,1-2H3. The van der Waals surface area contributed by atoms with E-state index in [1.54, 1.807) is 7.11 Å². The number of methoxy groups -OCH3 is 1. The van der Waals surface area contributed by atoms with Crippen LogP contribution in [0.25, 0.3) is 10.9 Å². The molecule has 1 heterocycles. The van der Waals surface area contributed by atoms with E-state index in [-0.39, 0.29) is 0 Å². The molecule has 1 aromatic carbocycles. The quantitative estimate of drug-likeness (QED) is 0.230. The Morgan fingerprint density at radius 2 is 1.37 bits per heavy atom. The Hall–Kier alpha value is -1.48. The molecular weight excluding hydrogens is 368 g/mol. The fraction of sp³-hybridized carbons (Fsp3) is 0.704. The lowest BCUT2D eigenvalue weighted by atomic mass is 10.0. The third-order valence-corrected chi connectivity index (χ3v) is 6.25. The number of ether oxygens (including phenoxy) is 1. The number of H-pyrrole nitrogens is 1. The van der Waals surface area contributed by atoms with Gasteiger partial charge in [-0.05, 0) is 49.7 Å². The van der Waals surface area contributed by atoms with Gasteiger partial charge in [0.05, 0.1) is 7.11 Å². The number of nitrogens with one attached hydrogen (secondary N) is 2. The van der Waals surface area contributed by atoms with Gasteiger partial charge in [-0.15, -0.1) is 0 Å². The van der Waals surface area contributed by atoms with Crippen LogP contribution in [-0.2, 0) is 6.42 Å². The van der Waals surface area contributed by atoms with Gasteiger partial charge in [-0.3, -0.25) is 0 Å². The monoisotopic (exact) mass is 414 g/mol. The van der Waals surface area contributed by atoms with E-state index in [4.69, 9.17) is 4.74 Å². The van der Waals surface area contributed by atoms with Crippen LogP contribution in [0.2, 0.25) is 0 Å². The van der Waals surface area contributed by atoms with Crippen LogP contribution < -0.4 is 10.1 Å². The molecule has 2 N–H and O–H groups in total. The molecule has 0 bridgehead atoms. The van der Waals surface area contributed by atoms with Gasteiger partial charge in [-0.25, -0.2) is 0 Å². The van der Waals surface area contributed by atoms with E-state index < -0.39 is 0 Å². The van der Waals surface area contributed by atoms with Crippen LogP contribution in [0.1, 0.15) is 102 Å². The van der Waals surface area contributed by atoms with Gasteiger partial charge in [0.15, 0.2) is 0 Å². The molecule has 2 rings (SSSR count). The molecule has 3 heteroatoms. The Kier molecular flexibility index (Phi) is 13.4. The van der Waals surface area contributed by atoms with E-state index in [1.807, 2.05) is 6.07 Å². The largest absolute Gasteiger partial charge is 0.497 e. The maximum atomic E-state index is 5.36. The molecule has 1 aromatic heterocycles. The number of hydrogen-bond donors (Lipinski definition) is 2. The molecular formula is C27H46N2O. The summed E-state index contributed by atoms with van der Waals surface area (Å²) in [5, 5.41) is 4.90. The summed E-state index contributed by atoms with van der Waals surface area (Å²) in [4.78, 5) is 3.36. The predicted molar refractivity (Wildman–Crippen MR) is 132 cm³/mol. The Bertz CT molecular complexity index is 664. The predicted octanol–water partition coefficient (Wildman–Crippen LogP) is 7.79. The average Bonchev–Trinajstić information content (AvgIpc) is 3.18. The third-order valence-electron chi connectivity index (χ3n) is 6.25. The zero-order chi connectivity index (χ0) is 21.3. The summed E-state index contributed by atoms with van der Waals surface area (Å²) < 4.78 is 5.36. The van der Waals surface area contributed by atoms with Gasteiger partial charge >= 0.3 is 0 Å². The molecule has 0 saturated heterocycles. The highest BCUT2D eigenvalue weighted by molar-refractivity contribution is 5.84. The molecule has 0 aliphatic carbocycles. The van der Waals surface area contributed by atoms with Gasteiger partial charge in [-0.2, -0.15) is 0 Å². The number of rotatable bonds is 19. The lowest BCUT2D eigenvalue weighted by Crippen LogP contribution is -2.18. The number of aromatic amines is 1. The summed E-state index contributed by atoms with van der Waals surface area (Å²) in [5.41, 5.74) is 2.56. The van der Waals surface area contributed by atoms with Gasteiger partial charge in [-0.1, -0.05) is 90.4 Å². The summed E-state index contributed by atoms with van der Waals surface area (Å²) in [6.45, 7) is 4.48. The van der Waals surface area contributed by atoms with Crippen LogP contribution >= 0.6 is 0 Å². The Morgan fingerprint density at radius 3 is 1.97 bits per heavy atom. The Labute approximate surface area is 185 Å². The molecule has 2 aromatic rings. The minimum atomic E-state index is 0.929. The lowest BCUT2D eigenvalue weighted by Gasteiger charge is -2.06. The highest BCUT2D eigenvalue weighted by Gasteiger charge is 2.04. The zero-order valence-corrected chi connectivity index (χ0v) is 19.7. The smallest absolute Gasteiger partial charge is 0.119 e. The lowest BCUT2D eigenvalue weighted by molar-refractivity contribution is 0.415. The number of benzene rings is 1. The topological polar surface area (TPSA) is 37.0 Å². The van der Waals surface area contributed by atoms with Gasteiger partial charge < -0.3 is 15.0 Å². The van der Waals surface area contributed by atoms with Gasteiger partial charge in [0, 0.05) is 17.1 Å². The van der Waals surface area contributed by atoms with Crippen molar-refractivity contribution in [1.82, 2.24) is 10.3 Å². The van der Waals surface area contributed by atoms with Crippen molar-refractivity contribution in [1.29, 1.82) is 0 Å². The Morgan fingerprint density at radius 1 is 0.767 bits per heavy atom. The van der Waals surface area contributed by atoms with Crippen LogP contribution in [-0.4, -0.2) is 25.2 Å². The summed E-state index contributed by atoms with van der Waals surface area (Å²) in [6, 6.07) is 6.24. The van der Waals surface area contributed by atoms with Crippen molar-refractivity contribution in [2.45, 2.75) is 103 Å². The van der Waals surface area contributed by atoms with Crippen molar-refractivity contribution in [3.8, 4) is 5.75 Å². The number of unbranched alkanes of at least 4 members (excludes halogenated alkanes) is 13. The highest BCUT2D eigenvalue weighted by atomic mass is 16.5. The summed E-state index contributed by atoms with van der Waals surface area (Å²) in [7, 11) is 1.73. The first-order valence-corrected chi connectivity index (χ1v) is 12.7. The number of fused-ring (bicyclic) bond motifs is 1. The second-order valence-corrected chi connectivity index (χ2v) is 8.82. The SMILES string of the molecule is CCCCCCCCCCCCCCCCNCCc1c[nH]c2ccc(OC)cc12. The van der Waals surface area contributed by atoms with E-state index in [2.05, 4.69) is 35.6 Å². The van der Waals surface area contributed by atoms with Gasteiger partial charge in [0.2, 0.25) is 0 Å². The molecule has 0 radical (unpaired) electrons. The van der Waals surface area contributed by atoms with Crippen molar-refractivity contribution in [3.05, 3.63) is 30.0 Å². The van der Waals surface area contributed by atoms with Crippen molar-refractivity contribution in [2.24, 2.45) is 0 Å². The molecule has 0 aliphatic heterocycles. The minimum absolute atomic E-state index is 0.929. The first kappa shape index (κ1) is 24.8. The second kappa shape index (κ2) is 16.2. The fourth-order valence-corrected chi connectivity index (χ4v) is 4.28. The normalized spacial score (nSPS) is 11.4. The fourth-order valence-electron chi connectivity index (χ4n) is 4.28. The van der Waals surface area contributed by atoms with E-state index in [9.17, 15) is 0 Å². The summed E-state index contributed by atoms with van der Waals surface area (Å²) in [5.74, 6) is 0.929. The van der Waals surface area contributed by atoms with Crippen LogP contribution in [0.15, 0.2) is 24.4 Å². The van der Waals surface area contributed by atoms with E-state index >= 15 is 0 Å². The minimum Gasteiger partial charge on any atom is -0.497 e. The average molecular weight is 415 g/mol. The molecule has 30 heavy (non-hydrogen) atoms. The third kappa shape index (κ3) is 10.0.